The Morgan fingerprint density at radius 3 is 2.66 bits per heavy atom. The first kappa shape index (κ1) is 27.7. The summed E-state index contributed by atoms with van der Waals surface area (Å²) in [7, 11) is 2.01. The van der Waals surface area contributed by atoms with Crippen molar-refractivity contribution in [3.8, 4) is 11.1 Å². The summed E-state index contributed by atoms with van der Waals surface area (Å²) in [5.41, 5.74) is 3.94. The average molecular weight is 523 g/mol. The number of rotatable bonds is 11. The smallest absolute Gasteiger partial charge is 0.210 e. The minimum Gasteiger partial charge on any atom is -0.392 e. The van der Waals surface area contributed by atoms with Crippen molar-refractivity contribution in [3.05, 3.63) is 65.4 Å². The summed E-state index contributed by atoms with van der Waals surface area (Å²) >= 11 is 0. The molecule has 4 rings (SSSR count). The number of benzene rings is 1. The molecule has 1 amide bonds. The number of aliphatic hydroxyl groups is 1. The lowest BCUT2D eigenvalue weighted by Crippen LogP contribution is -2.60. The van der Waals surface area contributed by atoms with E-state index < -0.39 is 11.6 Å². The van der Waals surface area contributed by atoms with Crippen LogP contribution in [-0.4, -0.2) is 81.4 Å². The average Bonchev–Trinajstić information content (AvgIpc) is 3.45. The van der Waals surface area contributed by atoms with Crippen molar-refractivity contribution in [1.82, 2.24) is 25.0 Å². The number of H-pyrrole nitrogens is 1. The molecule has 1 aromatic carbocycles. The molecule has 1 unspecified atom stereocenters. The highest BCUT2D eigenvalue weighted by molar-refractivity contribution is 5.66. The van der Waals surface area contributed by atoms with Crippen LogP contribution in [-0.2, 0) is 17.8 Å². The Morgan fingerprint density at radius 2 is 2.03 bits per heavy atom. The number of halogens is 1. The molecular formula is C29H39FN6O2. The second-order valence-electron chi connectivity index (χ2n) is 10.5. The molecule has 38 heavy (non-hydrogen) atoms. The quantitative estimate of drug-likeness (QED) is 0.373. The molecule has 1 atom stereocenters. The Morgan fingerprint density at radius 1 is 1.26 bits per heavy atom. The van der Waals surface area contributed by atoms with Crippen molar-refractivity contribution in [1.29, 1.82) is 0 Å². The molecule has 0 aliphatic carbocycles. The van der Waals surface area contributed by atoms with Gasteiger partial charge in [0.1, 0.15) is 11.6 Å². The number of anilines is 1. The van der Waals surface area contributed by atoms with Crippen LogP contribution >= 0.6 is 0 Å². The molecule has 1 fully saturated rings. The molecule has 204 valence electrons. The van der Waals surface area contributed by atoms with Crippen LogP contribution in [0.1, 0.15) is 43.5 Å². The predicted molar refractivity (Wildman–Crippen MR) is 147 cm³/mol. The topological polar surface area (TPSA) is 88.6 Å². The van der Waals surface area contributed by atoms with E-state index in [1.807, 2.05) is 30.3 Å². The molecule has 3 heterocycles. The molecule has 9 heteroatoms. The number of β-amino-alcohol motifs (C(OH)–C–C–N with tert-alkyl or cyclic N) is 1. The van der Waals surface area contributed by atoms with Gasteiger partial charge in [-0.2, -0.15) is 5.10 Å². The zero-order valence-corrected chi connectivity index (χ0v) is 22.8. The van der Waals surface area contributed by atoms with Gasteiger partial charge in [0.25, 0.3) is 0 Å². The van der Waals surface area contributed by atoms with Gasteiger partial charge in [0.05, 0.1) is 23.5 Å². The van der Waals surface area contributed by atoms with E-state index >= 15 is 0 Å². The van der Waals surface area contributed by atoms with Crippen molar-refractivity contribution in [2.45, 2.75) is 58.2 Å². The van der Waals surface area contributed by atoms with Crippen LogP contribution in [0.15, 0.2) is 42.7 Å². The van der Waals surface area contributed by atoms with Crippen LogP contribution in [0.4, 0.5) is 10.2 Å². The Balaban J connectivity index is 1.62. The number of aromatic nitrogens is 3. The minimum atomic E-state index is -0.470. The first-order chi connectivity index (χ1) is 18.3. The second kappa shape index (κ2) is 12.0. The number of likely N-dealkylation sites (tertiary alicyclic amines) is 1. The fourth-order valence-electron chi connectivity index (χ4n) is 5.54. The van der Waals surface area contributed by atoms with Gasteiger partial charge in [-0.3, -0.25) is 9.89 Å². The van der Waals surface area contributed by atoms with Gasteiger partial charge in [-0.15, -0.1) is 0 Å². The molecule has 2 N–H and O–H groups in total. The number of pyridine rings is 1. The third-order valence-corrected chi connectivity index (χ3v) is 7.79. The van der Waals surface area contributed by atoms with E-state index in [1.54, 1.807) is 26.1 Å². The number of aryl methyl sites for hydroxylation is 1. The molecule has 1 aliphatic rings. The maximum Gasteiger partial charge on any atom is 0.210 e. The molecule has 0 spiro atoms. The highest BCUT2D eigenvalue weighted by Gasteiger charge is 2.41. The molecule has 0 saturated carbocycles. The SMILES string of the molecule is CCc1nc(N(C)CC2(N(C=O)Cc3cccc(F)c3C)CCN(CC(C)O)CC2)ccc1-c1cn[nH]c1. The summed E-state index contributed by atoms with van der Waals surface area (Å²) < 4.78 is 14.3. The van der Waals surface area contributed by atoms with Gasteiger partial charge < -0.3 is 19.8 Å². The molecule has 1 saturated heterocycles. The van der Waals surface area contributed by atoms with E-state index in [2.05, 4.69) is 33.0 Å². The van der Waals surface area contributed by atoms with E-state index in [1.165, 1.54) is 6.07 Å². The fraction of sp³-hybridized carbons (Fsp3) is 0.483. The molecule has 3 aromatic rings. The predicted octanol–water partition coefficient (Wildman–Crippen LogP) is 3.79. The minimum absolute atomic E-state index is 0.264. The Bertz CT molecular complexity index is 1210. The highest BCUT2D eigenvalue weighted by Crippen LogP contribution is 2.33. The molecule has 1 aliphatic heterocycles. The summed E-state index contributed by atoms with van der Waals surface area (Å²) in [6, 6.07) is 9.13. The van der Waals surface area contributed by atoms with Crippen molar-refractivity contribution >= 4 is 12.2 Å². The first-order valence-corrected chi connectivity index (χ1v) is 13.3. The highest BCUT2D eigenvalue weighted by atomic mass is 19.1. The maximum absolute atomic E-state index is 14.3. The first-order valence-electron chi connectivity index (χ1n) is 13.3. The Labute approximate surface area is 224 Å². The largest absolute Gasteiger partial charge is 0.392 e. The number of aliphatic hydroxyl groups excluding tert-OH is 1. The van der Waals surface area contributed by atoms with Gasteiger partial charge in [0, 0.05) is 57.1 Å². The van der Waals surface area contributed by atoms with Crippen LogP contribution < -0.4 is 4.90 Å². The normalized spacial score (nSPS) is 16.3. The number of amides is 1. The lowest BCUT2D eigenvalue weighted by Gasteiger charge is -2.49. The van der Waals surface area contributed by atoms with Crippen molar-refractivity contribution in [2.75, 3.05) is 38.1 Å². The van der Waals surface area contributed by atoms with Crippen LogP contribution in [0.3, 0.4) is 0 Å². The van der Waals surface area contributed by atoms with Crippen molar-refractivity contribution in [3.63, 3.8) is 0 Å². The lowest BCUT2D eigenvalue weighted by atomic mass is 9.84. The zero-order chi connectivity index (χ0) is 27.3. The molecular weight excluding hydrogens is 483 g/mol. The monoisotopic (exact) mass is 522 g/mol. The zero-order valence-electron chi connectivity index (χ0n) is 22.8. The third kappa shape index (κ3) is 6.05. The molecule has 0 bridgehead atoms. The number of piperidine rings is 1. The summed E-state index contributed by atoms with van der Waals surface area (Å²) in [5.74, 6) is 0.577. The molecule has 0 radical (unpaired) electrons. The summed E-state index contributed by atoms with van der Waals surface area (Å²) in [6.07, 6.45) is 6.43. The standard InChI is InChI=1S/C29H39FN6O2/c1-5-27-25(24-15-31-32-16-24)9-10-28(33-27)34(4)19-29(11-13-35(14-12-29)17-21(2)38)36(20-37)18-23-7-6-8-26(30)22(23)3/h6-10,15-16,20-21,38H,5,11-14,17-19H2,1-4H3,(H,31,32). The van der Waals surface area contributed by atoms with Gasteiger partial charge in [-0.1, -0.05) is 19.1 Å². The van der Waals surface area contributed by atoms with E-state index in [0.717, 1.165) is 67.0 Å². The lowest BCUT2D eigenvalue weighted by molar-refractivity contribution is -0.127. The second-order valence-corrected chi connectivity index (χ2v) is 10.5. The van der Waals surface area contributed by atoms with Crippen molar-refractivity contribution in [2.24, 2.45) is 0 Å². The van der Waals surface area contributed by atoms with Crippen LogP contribution in [0.25, 0.3) is 11.1 Å². The summed E-state index contributed by atoms with van der Waals surface area (Å²) in [4.78, 5) is 23.8. The number of carbonyl (C=O) groups excluding carboxylic acids is 1. The molecule has 8 nitrogen and oxygen atoms in total. The number of hydrogen-bond acceptors (Lipinski definition) is 6. The maximum atomic E-state index is 14.3. The van der Waals surface area contributed by atoms with E-state index in [0.29, 0.717) is 25.2 Å². The van der Waals surface area contributed by atoms with Crippen LogP contribution in [0.2, 0.25) is 0 Å². The number of likely N-dealkylation sites (N-methyl/N-ethyl adjacent to an activating group) is 1. The Kier molecular flexibility index (Phi) is 8.79. The van der Waals surface area contributed by atoms with Gasteiger partial charge >= 0.3 is 0 Å². The van der Waals surface area contributed by atoms with Crippen molar-refractivity contribution < 1.29 is 14.3 Å². The van der Waals surface area contributed by atoms with Gasteiger partial charge in [0.2, 0.25) is 6.41 Å². The fourth-order valence-corrected chi connectivity index (χ4v) is 5.54. The number of nitrogens with zero attached hydrogens (tertiary/aromatic N) is 5. The van der Waals surface area contributed by atoms with E-state index in [4.69, 9.17) is 4.98 Å². The van der Waals surface area contributed by atoms with Crippen LogP contribution in [0.5, 0.6) is 0 Å². The number of hydrogen-bond donors (Lipinski definition) is 2. The number of carbonyl (C=O) groups is 1. The van der Waals surface area contributed by atoms with Crippen LogP contribution in [0, 0.1) is 12.7 Å². The number of nitrogens with one attached hydrogen (secondary N) is 1. The molecule has 2 aromatic heterocycles. The van der Waals surface area contributed by atoms with Gasteiger partial charge in [0.15, 0.2) is 0 Å². The van der Waals surface area contributed by atoms with Gasteiger partial charge in [-0.25, -0.2) is 9.37 Å². The Hall–Kier alpha value is -3.30. The number of aromatic amines is 1. The van der Waals surface area contributed by atoms with E-state index in [-0.39, 0.29) is 5.82 Å². The van der Waals surface area contributed by atoms with Gasteiger partial charge in [-0.05, 0) is 62.4 Å². The summed E-state index contributed by atoms with van der Waals surface area (Å²) in [6.45, 7) is 8.70. The summed E-state index contributed by atoms with van der Waals surface area (Å²) in [5, 5.41) is 16.8. The van der Waals surface area contributed by atoms with E-state index in [9.17, 15) is 14.3 Å². The third-order valence-electron chi connectivity index (χ3n) is 7.79.